The zero-order valence-corrected chi connectivity index (χ0v) is 19.5. The molecular formula is C25H15F2N5OS2. The van der Waals surface area contributed by atoms with Gasteiger partial charge in [-0.05, 0) is 24.3 Å². The van der Waals surface area contributed by atoms with Gasteiger partial charge in [-0.1, -0.05) is 54.2 Å². The number of rotatable bonds is 6. The van der Waals surface area contributed by atoms with Crippen LogP contribution < -0.4 is 0 Å². The lowest BCUT2D eigenvalue weighted by Gasteiger charge is -2.11. The van der Waals surface area contributed by atoms with Gasteiger partial charge in [0.25, 0.3) is 0 Å². The molecule has 3 aromatic carbocycles. The minimum atomic E-state index is -0.782. The fourth-order valence-electron chi connectivity index (χ4n) is 3.44. The topological polar surface area (TPSA) is 87.6 Å². The van der Waals surface area contributed by atoms with Gasteiger partial charge in [-0.25, -0.2) is 13.8 Å². The van der Waals surface area contributed by atoms with Crippen molar-refractivity contribution in [2.45, 2.75) is 5.16 Å². The van der Waals surface area contributed by atoms with Gasteiger partial charge in [0, 0.05) is 11.6 Å². The molecule has 1 N–H and O–H groups in total. The Morgan fingerprint density at radius 1 is 1.03 bits per heavy atom. The van der Waals surface area contributed by atoms with E-state index in [2.05, 4.69) is 15.2 Å². The van der Waals surface area contributed by atoms with Gasteiger partial charge in [-0.2, -0.15) is 5.26 Å². The molecule has 0 amide bonds. The molecule has 2 aromatic heterocycles. The Morgan fingerprint density at radius 3 is 2.54 bits per heavy atom. The van der Waals surface area contributed by atoms with E-state index in [1.807, 2.05) is 48.5 Å². The third kappa shape index (κ3) is 4.51. The smallest absolute Gasteiger partial charge is 0.196 e. The van der Waals surface area contributed by atoms with Gasteiger partial charge < -0.3 is 5.11 Å². The summed E-state index contributed by atoms with van der Waals surface area (Å²) in [7, 11) is 0. The van der Waals surface area contributed by atoms with E-state index < -0.39 is 11.6 Å². The molecule has 5 aromatic rings. The van der Waals surface area contributed by atoms with Gasteiger partial charge in [-0.15, -0.1) is 21.5 Å². The number of thiazole rings is 1. The van der Waals surface area contributed by atoms with Crippen LogP contribution in [0.1, 0.15) is 5.01 Å². The third-order valence-electron chi connectivity index (χ3n) is 5.06. The van der Waals surface area contributed by atoms with Crippen LogP contribution in [0.5, 0.6) is 0 Å². The number of aromatic nitrogens is 4. The van der Waals surface area contributed by atoms with E-state index in [0.717, 1.165) is 34.1 Å². The number of hydrogen-bond donors (Lipinski definition) is 1. The van der Waals surface area contributed by atoms with Crippen molar-refractivity contribution in [1.82, 2.24) is 19.7 Å². The van der Waals surface area contributed by atoms with E-state index in [0.29, 0.717) is 16.4 Å². The largest absolute Gasteiger partial charge is 0.510 e. The first-order chi connectivity index (χ1) is 17.0. The van der Waals surface area contributed by atoms with Crippen LogP contribution >= 0.6 is 23.1 Å². The lowest BCUT2D eigenvalue weighted by molar-refractivity contribution is 0.420. The zero-order valence-electron chi connectivity index (χ0n) is 17.9. The number of thioether (sulfide) groups is 1. The van der Waals surface area contributed by atoms with Crippen LogP contribution in [0.25, 0.3) is 32.9 Å². The van der Waals surface area contributed by atoms with Crippen LogP contribution in [0.3, 0.4) is 0 Å². The number of fused-ring (bicyclic) bond motifs is 1. The highest BCUT2D eigenvalue weighted by molar-refractivity contribution is 7.99. The molecule has 0 aliphatic heterocycles. The zero-order chi connectivity index (χ0) is 24.4. The molecule has 5 rings (SSSR count). The molecule has 6 nitrogen and oxygen atoms in total. The van der Waals surface area contributed by atoms with E-state index in [1.54, 1.807) is 12.1 Å². The standard InChI is InChI=1S/C25H15F2N5OS2/c26-16-10-11-20(18(27)12-16)32-23(15-6-2-1-3-7-15)30-31-25(32)34-14-21(33)17(13-28)24-29-19-8-4-5-9-22(19)35-24/h1-12,33H,14H2. The lowest BCUT2D eigenvalue weighted by Crippen LogP contribution is -2.04. The van der Waals surface area contributed by atoms with Crippen molar-refractivity contribution >= 4 is 38.9 Å². The van der Waals surface area contributed by atoms with Crippen molar-refractivity contribution < 1.29 is 13.9 Å². The fraction of sp³-hybridized carbons (Fsp3) is 0.0400. The molecule has 0 unspecified atom stereocenters. The Morgan fingerprint density at radius 2 is 1.80 bits per heavy atom. The third-order valence-corrected chi connectivity index (χ3v) is 7.06. The van der Waals surface area contributed by atoms with Gasteiger partial charge in [-0.3, -0.25) is 4.57 Å². The summed E-state index contributed by atoms with van der Waals surface area (Å²) in [5.41, 5.74) is 1.54. The van der Waals surface area contributed by atoms with Crippen molar-refractivity contribution in [3.8, 4) is 23.1 Å². The number of aliphatic hydroxyl groups is 1. The molecular weight excluding hydrogens is 488 g/mol. The van der Waals surface area contributed by atoms with Gasteiger partial charge in [0.15, 0.2) is 11.0 Å². The van der Waals surface area contributed by atoms with Crippen LogP contribution in [0.2, 0.25) is 0 Å². The average molecular weight is 504 g/mol. The van der Waals surface area contributed by atoms with Gasteiger partial charge in [0.05, 0.1) is 21.7 Å². The van der Waals surface area contributed by atoms with Crippen LogP contribution in [0.15, 0.2) is 83.7 Å². The van der Waals surface area contributed by atoms with Crippen LogP contribution in [-0.2, 0) is 0 Å². The summed E-state index contributed by atoms with van der Waals surface area (Å²) >= 11 is 2.38. The summed E-state index contributed by atoms with van der Waals surface area (Å²) < 4.78 is 30.7. The Balaban J connectivity index is 1.52. The minimum Gasteiger partial charge on any atom is -0.510 e. The molecule has 0 fully saturated rings. The lowest BCUT2D eigenvalue weighted by atomic mass is 10.2. The minimum absolute atomic E-state index is 0.0332. The molecule has 0 radical (unpaired) electrons. The van der Waals surface area contributed by atoms with Crippen LogP contribution in [0.4, 0.5) is 8.78 Å². The second-order valence-corrected chi connectivity index (χ2v) is 9.29. The summed E-state index contributed by atoms with van der Waals surface area (Å²) in [6.45, 7) is 0. The van der Waals surface area contributed by atoms with Crippen molar-refractivity contribution in [2.24, 2.45) is 0 Å². The predicted octanol–water partition coefficient (Wildman–Crippen LogP) is 6.41. The summed E-state index contributed by atoms with van der Waals surface area (Å²) in [5.74, 6) is -1.35. The number of allylic oxidation sites excluding steroid dienone is 1. The molecule has 10 heteroatoms. The molecule has 0 aliphatic carbocycles. The molecule has 35 heavy (non-hydrogen) atoms. The van der Waals surface area contributed by atoms with Gasteiger partial charge in [0.2, 0.25) is 0 Å². The maximum absolute atomic E-state index is 14.8. The molecule has 2 heterocycles. The van der Waals surface area contributed by atoms with E-state index in [4.69, 9.17) is 0 Å². The van der Waals surface area contributed by atoms with E-state index >= 15 is 0 Å². The number of para-hydroxylation sites is 1. The molecule has 0 bridgehead atoms. The SMILES string of the molecule is N#CC(=C(O)CSc1nnc(-c2ccccc2)n1-c1ccc(F)cc1F)c1nc2ccccc2s1. The predicted molar refractivity (Wildman–Crippen MR) is 132 cm³/mol. The number of nitriles is 1. The van der Waals surface area contributed by atoms with Crippen molar-refractivity contribution in [3.05, 3.63) is 95.2 Å². The fourth-order valence-corrected chi connectivity index (χ4v) is 5.24. The van der Waals surface area contributed by atoms with E-state index in [9.17, 15) is 19.1 Å². The highest BCUT2D eigenvalue weighted by Gasteiger charge is 2.21. The van der Waals surface area contributed by atoms with Crippen molar-refractivity contribution in [3.63, 3.8) is 0 Å². The maximum atomic E-state index is 14.8. The van der Waals surface area contributed by atoms with Gasteiger partial charge in [0.1, 0.15) is 34.0 Å². The van der Waals surface area contributed by atoms with Gasteiger partial charge >= 0.3 is 0 Å². The summed E-state index contributed by atoms with van der Waals surface area (Å²) in [6.07, 6.45) is 0. The Hall–Kier alpha value is -4.07. The number of hydrogen-bond acceptors (Lipinski definition) is 7. The highest BCUT2D eigenvalue weighted by atomic mass is 32.2. The maximum Gasteiger partial charge on any atom is 0.196 e. The molecule has 0 aliphatic rings. The Kier molecular flexibility index (Phi) is 6.27. The number of benzene rings is 3. The normalized spacial score (nSPS) is 11.9. The summed E-state index contributed by atoms with van der Waals surface area (Å²) in [6, 6.07) is 21.8. The Bertz CT molecular complexity index is 1570. The monoisotopic (exact) mass is 503 g/mol. The van der Waals surface area contributed by atoms with Crippen molar-refractivity contribution in [1.29, 1.82) is 5.26 Å². The van der Waals surface area contributed by atoms with E-state index in [-0.39, 0.29) is 27.9 Å². The summed E-state index contributed by atoms with van der Waals surface area (Å²) in [4.78, 5) is 4.44. The Labute approximate surface area is 206 Å². The number of aliphatic hydroxyl groups excluding tert-OH is 1. The number of nitrogens with zero attached hydrogens (tertiary/aromatic N) is 5. The molecule has 172 valence electrons. The van der Waals surface area contributed by atoms with Crippen LogP contribution in [0, 0.1) is 23.0 Å². The van der Waals surface area contributed by atoms with E-state index in [1.165, 1.54) is 22.0 Å². The number of halogens is 2. The average Bonchev–Trinajstić information content (AvgIpc) is 3.48. The molecule has 0 spiro atoms. The second-order valence-electron chi connectivity index (χ2n) is 7.31. The van der Waals surface area contributed by atoms with Crippen LogP contribution in [-0.4, -0.2) is 30.6 Å². The molecule has 0 atom stereocenters. The second kappa shape index (κ2) is 9.66. The quantitative estimate of drug-likeness (QED) is 0.164. The first-order valence-corrected chi connectivity index (χ1v) is 12.1. The van der Waals surface area contributed by atoms with Crippen molar-refractivity contribution in [2.75, 3.05) is 5.75 Å². The molecule has 0 saturated heterocycles. The first-order valence-electron chi connectivity index (χ1n) is 10.3. The molecule has 0 saturated carbocycles. The highest BCUT2D eigenvalue weighted by Crippen LogP contribution is 2.32. The first kappa shape index (κ1) is 22.7. The summed E-state index contributed by atoms with van der Waals surface area (Å²) in [5, 5.41) is 29.5.